The lowest BCUT2D eigenvalue weighted by molar-refractivity contribution is -0.0477. The number of aliphatic hydroxyl groups excluding tert-OH is 1. The molecule has 96 valence electrons. The molecule has 0 aliphatic carbocycles. The summed E-state index contributed by atoms with van der Waals surface area (Å²) in [5, 5.41) is 11.0. The van der Waals surface area contributed by atoms with Crippen LogP contribution in [0.25, 0.3) is 0 Å². The van der Waals surface area contributed by atoms with Crippen molar-refractivity contribution in [1.82, 2.24) is 5.32 Å². The number of halogens is 3. The van der Waals surface area contributed by atoms with Gasteiger partial charge in [-0.1, -0.05) is 15.9 Å². The van der Waals surface area contributed by atoms with Crippen LogP contribution in [0.2, 0.25) is 0 Å². The highest BCUT2D eigenvalue weighted by Crippen LogP contribution is 2.22. The van der Waals surface area contributed by atoms with Crippen molar-refractivity contribution < 1.29 is 18.6 Å². The number of alkyl halides is 2. The quantitative estimate of drug-likeness (QED) is 0.846. The smallest absolute Gasteiger partial charge is 0.282 e. The van der Waals surface area contributed by atoms with Gasteiger partial charge >= 0.3 is 0 Å². The Kier molecular flexibility index (Phi) is 5.30. The number of nitrogens with one attached hydrogen (secondary N) is 1. The van der Waals surface area contributed by atoms with Gasteiger partial charge in [-0.25, -0.2) is 8.78 Å². The van der Waals surface area contributed by atoms with E-state index >= 15 is 0 Å². The van der Waals surface area contributed by atoms with Crippen molar-refractivity contribution >= 4 is 15.9 Å². The zero-order valence-electron chi connectivity index (χ0n) is 9.34. The van der Waals surface area contributed by atoms with Gasteiger partial charge in [-0.3, -0.25) is 0 Å². The molecule has 0 heterocycles. The Balaban J connectivity index is 2.57. The maximum absolute atomic E-state index is 12.8. The Morgan fingerprint density at radius 1 is 1.47 bits per heavy atom. The molecule has 1 rings (SSSR count). The van der Waals surface area contributed by atoms with E-state index in [2.05, 4.69) is 21.2 Å². The molecule has 0 saturated carbocycles. The third-order valence-electron chi connectivity index (χ3n) is 2.18. The SMILES string of the molecule is COc1ccc(Br)c(CNCC(F)(F)CO)c1. The average Bonchev–Trinajstić information content (AvgIpc) is 2.31. The fraction of sp³-hybridized carbons (Fsp3) is 0.455. The monoisotopic (exact) mass is 309 g/mol. The standard InChI is InChI=1S/C11H14BrF2NO2/c1-17-9-2-3-10(12)8(4-9)5-15-6-11(13,14)7-16/h2-4,15-16H,5-7H2,1H3. The van der Waals surface area contributed by atoms with Gasteiger partial charge in [-0.05, 0) is 23.8 Å². The molecule has 0 unspecified atom stereocenters. The second kappa shape index (κ2) is 6.28. The number of aliphatic hydroxyl groups is 1. The van der Waals surface area contributed by atoms with Crippen molar-refractivity contribution in [3.63, 3.8) is 0 Å². The topological polar surface area (TPSA) is 41.5 Å². The molecular formula is C11H14BrF2NO2. The zero-order valence-corrected chi connectivity index (χ0v) is 10.9. The molecule has 6 heteroatoms. The molecule has 2 N–H and O–H groups in total. The van der Waals surface area contributed by atoms with E-state index in [1.807, 2.05) is 0 Å². The maximum atomic E-state index is 12.8. The van der Waals surface area contributed by atoms with E-state index < -0.39 is 19.1 Å². The maximum Gasteiger partial charge on any atom is 0.282 e. The minimum Gasteiger partial charge on any atom is -0.497 e. The third-order valence-corrected chi connectivity index (χ3v) is 2.96. The minimum absolute atomic E-state index is 0.271. The number of hydrogen-bond donors (Lipinski definition) is 2. The molecule has 0 saturated heterocycles. The van der Waals surface area contributed by atoms with Crippen LogP contribution in [0.4, 0.5) is 8.78 Å². The van der Waals surface area contributed by atoms with Crippen LogP contribution in [-0.4, -0.2) is 31.3 Å². The van der Waals surface area contributed by atoms with Crippen LogP contribution in [0.5, 0.6) is 5.75 Å². The van der Waals surface area contributed by atoms with E-state index in [0.717, 1.165) is 10.0 Å². The lowest BCUT2D eigenvalue weighted by Crippen LogP contribution is -2.35. The molecule has 0 aromatic heterocycles. The number of hydrogen-bond acceptors (Lipinski definition) is 3. The fourth-order valence-electron chi connectivity index (χ4n) is 1.25. The van der Waals surface area contributed by atoms with Gasteiger partial charge in [0, 0.05) is 11.0 Å². The molecule has 0 amide bonds. The summed E-state index contributed by atoms with van der Waals surface area (Å²) in [4.78, 5) is 0. The molecule has 0 aliphatic rings. The van der Waals surface area contributed by atoms with Gasteiger partial charge in [-0.15, -0.1) is 0 Å². The average molecular weight is 310 g/mol. The molecule has 0 fully saturated rings. The third kappa shape index (κ3) is 4.57. The molecule has 0 bridgehead atoms. The second-order valence-electron chi connectivity index (χ2n) is 3.57. The van der Waals surface area contributed by atoms with Crippen LogP contribution in [0.15, 0.2) is 22.7 Å². The molecule has 1 aromatic rings. The highest BCUT2D eigenvalue weighted by Gasteiger charge is 2.26. The van der Waals surface area contributed by atoms with Crippen molar-refractivity contribution in [3.8, 4) is 5.75 Å². The van der Waals surface area contributed by atoms with E-state index in [9.17, 15) is 8.78 Å². The first-order valence-corrected chi connectivity index (χ1v) is 5.79. The van der Waals surface area contributed by atoms with Crippen LogP contribution < -0.4 is 10.1 Å². The largest absolute Gasteiger partial charge is 0.497 e. The van der Waals surface area contributed by atoms with Gasteiger partial charge in [0.15, 0.2) is 0 Å². The van der Waals surface area contributed by atoms with Crippen molar-refractivity contribution in [2.24, 2.45) is 0 Å². The van der Waals surface area contributed by atoms with E-state index in [0.29, 0.717) is 5.75 Å². The predicted molar refractivity (Wildman–Crippen MR) is 64.4 cm³/mol. The molecule has 1 aromatic carbocycles. The first-order chi connectivity index (χ1) is 7.98. The summed E-state index contributed by atoms with van der Waals surface area (Å²) < 4.78 is 31.4. The summed E-state index contributed by atoms with van der Waals surface area (Å²) in [5.74, 6) is -2.43. The van der Waals surface area contributed by atoms with E-state index in [-0.39, 0.29) is 6.54 Å². The van der Waals surface area contributed by atoms with Crippen LogP contribution in [0.3, 0.4) is 0 Å². The van der Waals surface area contributed by atoms with Crippen LogP contribution >= 0.6 is 15.9 Å². The fourth-order valence-corrected chi connectivity index (χ4v) is 1.64. The Bertz CT molecular complexity index is 374. The highest BCUT2D eigenvalue weighted by atomic mass is 79.9. The van der Waals surface area contributed by atoms with E-state index in [4.69, 9.17) is 9.84 Å². The van der Waals surface area contributed by atoms with E-state index in [1.165, 1.54) is 0 Å². The molecular weight excluding hydrogens is 296 g/mol. The summed E-state index contributed by atoms with van der Waals surface area (Å²) in [7, 11) is 1.54. The summed E-state index contributed by atoms with van der Waals surface area (Å²) in [6.07, 6.45) is 0. The predicted octanol–water partition coefficient (Wildman–Crippen LogP) is 2.17. The summed E-state index contributed by atoms with van der Waals surface area (Å²) in [6.45, 7) is -1.44. The van der Waals surface area contributed by atoms with Gasteiger partial charge in [0.05, 0.1) is 13.7 Å². The first kappa shape index (κ1) is 14.3. The zero-order chi connectivity index (χ0) is 12.9. The lowest BCUT2D eigenvalue weighted by atomic mass is 10.2. The Morgan fingerprint density at radius 2 is 2.18 bits per heavy atom. The Labute approximate surface area is 107 Å². The number of benzene rings is 1. The van der Waals surface area contributed by atoms with Crippen molar-refractivity contribution in [3.05, 3.63) is 28.2 Å². The van der Waals surface area contributed by atoms with Crippen molar-refractivity contribution in [1.29, 1.82) is 0 Å². The number of ether oxygens (including phenoxy) is 1. The molecule has 0 radical (unpaired) electrons. The molecule has 0 spiro atoms. The highest BCUT2D eigenvalue weighted by molar-refractivity contribution is 9.10. The Hall–Kier alpha value is -0.720. The van der Waals surface area contributed by atoms with Crippen molar-refractivity contribution in [2.45, 2.75) is 12.5 Å². The van der Waals surface area contributed by atoms with Crippen LogP contribution in [-0.2, 0) is 6.54 Å². The van der Waals surface area contributed by atoms with Crippen molar-refractivity contribution in [2.75, 3.05) is 20.3 Å². The number of rotatable bonds is 6. The first-order valence-electron chi connectivity index (χ1n) is 5.00. The summed E-state index contributed by atoms with van der Waals surface area (Å²) in [6, 6.07) is 5.32. The molecule has 17 heavy (non-hydrogen) atoms. The van der Waals surface area contributed by atoms with E-state index in [1.54, 1.807) is 25.3 Å². The normalized spacial score (nSPS) is 11.6. The second-order valence-corrected chi connectivity index (χ2v) is 4.43. The van der Waals surface area contributed by atoms with Gasteiger partial charge in [0.25, 0.3) is 5.92 Å². The van der Waals surface area contributed by atoms with Gasteiger partial charge in [-0.2, -0.15) is 0 Å². The van der Waals surface area contributed by atoms with Crippen LogP contribution in [0, 0.1) is 0 Å². The van der Waals surface area contributed by atoms with Gasteiger partial charge in [0.2, 0.25) is 0 Å². The van der Waals surface area contributed by atoms with Gasteiger partial charge in [0.1, 0.15) is 12.4 Å². The van der Waals surface area contributed by atoms with Gasteiger partial charge < -0.3 is 15.2 Å². The lowest BCUT2D eigenvalue weighted by Gasteiger charge is -2.14. The minimum atomic E-state index is -3.09. The number of methoxy groups -OCH3 is 1. The summed E-state index contributed by atoms with van der Waals surface area (Å²) >= 11 is 3.32. The summed E-state index contributed by atoms with van der Waals surface area (Å²) in [5.41, 5.74) is 0.818. The molecule has 0 atom stereocenters. The van der Waals surface area contributed by atoms with Crippen LogP contribution in [0.1, 0.15) is 5.56 Å². The molecule has 3 nitrogen and oxygen atoms in total. The Morgan fingerprint density at radius 3 is 2.76 bits per heavy atom. The molecule has 0 aliphatic heterocycles.